The van der Waals surface area contributed by atoms with Gasteiger partial charge in [-0.05, 0) is 84.5 Å². The first-order valence-electron chi connectivity index (χ1n) is 13.7. The number of hydrogen-bond acceptors (Lipinski definition) is 4. The molecule has 2 fully saturated rings. The van der Waals surface area contributed by atoms with Crippen LogP contribution in [0.25, 0.3) is 0 Å². The van der Waals surface area contributed by atoms with E-state index in [1.165, 1.54) is 0 Å². The second-order valence-corrected chi connectivity index (χ2v) is 14.1. The molecule has 4 aliphatic carbocycles. The van der Waals surface area contributed by atoms with Crippen molar-refractivity contribution in [1.82, 2.24) is 0 Å². The van der Waals surface area contributed by atoms with Crippen LogP contribution in [-0.4, -0.2) is 23.3 Å². The first-order valence-corrected chi connectivity index (χ1v) is 13.7. The average molecular weight is 480 g/mol. The maximum atomic E-state index is 13.3. The number of Topliss-reactive ketones (excluding diaryl/α,β-unsaturated/α-hetero) is 1. The summed E-state index contributed by atoms with van der Waals surface area (Å²) in [4.78, 5) is 26.1. The fourth-order valence-electron chi connectivity index (χ4n) is 8.80. The van der Waals surface area contributed by atoms with E-state index in [-0.39, 0.29) is 51.8 Å². The van der Waals surface area contributed by atoms with Gasteiger partial charge in [-0.2, -0.15) is 5.26 Å². The summed E-state index contributed by atoms with van der Waals surface area (Å²) in [6.45, 7) is 15.9. The number of nitriles is 1. The van der Waals surface area contributed by atoms with Gasteiger partial charge in [0.05, 0.1) is 5.57 Å². The number of rotatable bonds is 4. The molecule has 0 radical (unpaired) electrons. The highest BCUT2D eigenvalue weighted by atomic mass is 16.3. The smallest absolute Gasteiger partial charge is 0.176 e. The molecule has 4 rings (SSSR count). The van der Waals surface area contributed by atoms with E-state index in [1.54, 1.807) is 0 Å². The molecule has 4 heteroatoms. The van der Waals surface area contributed by atoms with E-state index in [2.05, 4.69) is 47.6 Å². The molecule has 2 saturated carbocycles. The second-order valence-electron chi connectivity index (χ2n) is 14.1. The van der Waals surface area contributed by atoms with Gasteiger partial charge in [0.15, 0.2) is 11.6 Å². The molecule has 0 bridgehead atoms. The zero-order valence-corrected chi connectivity index (χ0v) is 23.0. The van der Waals surface area contributed by atoms with Crippen molar-refractivity contribution in [3.63, 3.8) is 0 Å². The van der Waals surface area contributed by atoms with Crippen molar-refractivity contribution < 1.29 is 14.7 Å². The van der Waals surface area contributed by atoms with Crippen LogP contribution in [-0.2, 0) is 9.59 Å². The van der Waals surface area contributed by atoms with Crippen molar-refractivity contribution in [2.24, 2.45) is 44.8 Å². The molecule has 1 unspecified atom stereocenters. The van der Waals surface area contributed by atoms with Crippen LogP contribution in [0.3, 0.4) is 0 Å². The molecule has 4 nitrogen and oxygen atoms in total. The summed E-state index contributed by atoms with van der Waals surface area (Å²) in [7, 11) is 0. The Labute approximate surface area is 212 Å². The highest BCUT2D eigenvalue weighted by Crippen LogP contribution is 2.68. The van der Waals surface area contributed by atoms with Gasteiger partial charge in [0.25, 0.3) is 0 Å². The predicted molar refractivity (Wildman–Crippen MR) is 138 cm³/mol. The van der Waals surface area contributed by atoms with Crippen LogP contribution >= 0.6 is 0 Å². The number of carbonyl (C=O) groups is 2. The summed E-state index contributed by atoms with van der Waals surface area (Å²) in [6.07, 6.45) is 11.3. The molecule has 0 aromatic rings. The van der Waals surface area contributed by atoms with Gasteiger partial charge in [-0.3, -0.25) is 9.59 Å². The Hall–Kier alpha value is -1.73. The van der Waals surface area contributed by atoms with Crippen molar-refractivity contribution in [3.8, 4) is 6.07 Å². The summed E-state index contributed by atoms with van der Waals surface area (Å²) >= 11 is 0. The molecule has 1 N–H and O–H groups in total. The van der Waals surface area contributed by atoms with Crippen LogP contribution in [0.4, 0.5) is 0 Å². The largest absolute Gasteiger partial charge is 0.396 e. The molecular formula is C31H45NO3. The molecular weight excluding hydrogens is 434 g/mol. The Balaban J connectivity index is 1.70. The fourth-order valence-corrected chi connectivity index (χ4v) is 8.80. The van der Waals surface area contributed by atoms with E-state index < -0.39 is 5.41 Å². The number of ketones is 2. The van der Waals surface area contributed by atoms with Crippen LogP contribution in [0.5, 0.6) is 0 Å². The molecule has 0 amide bonds. The van der Waals surface area contributed by atoms with E-state index in [0.29, 0.717) is 17.8 Å². The third kappa shape index (κ3) is 3.88. The Morgan fingerprint density at radius 2 is 1.74 bits per heavy atom. The zero-order chi connectivity index (χ0) is 26.0. The lowest BCUT2D eigenvalue weighted by molar-refractivity contribution is -0.126. The number of nitrogens with zero attached hydrogens (tertiary/aromatic N) is 1. The van der Waals surface area contributed by atoms with Crippen LogP contribution in [0.2, 0.25) is 0 Å². The van der Waals surface area contributed by atoms with Gasteiger partial charge in [0.2, 0.25) is 0 Å². The van der Waals surface area contributed by atoms with Crippen molar-refractivity contribution >= 4 is 11.6 Å². The molecule has 192 valence electrons. The molecule has 4 aliphatic rings. The normalized spacial score (nSPS) is 45.1. The summed E-state index contributed by atoms with van der Waals surface area (Å²) in [5.74, 6) is 0.461. The molecule has 0 saturated heterocycles. The summed E-state index contributed by atoms with van der Waals surface area (Å²) in [6, 6.07) is 2.15. The lowest BCUT2D eigenvalue weighted by Crippen LogP contribution is -2.55. The van der Waals surface area contributed by atoms with Crippen molar-refractivity contribution in [1.29, 1.82) is 5.26 Å². The van der Waals surface area contributed by atoms with E-state index in [9.17, 15) is 20.0 Å². The second kappa shape index (κ2) is 8.41. The number of aliphatic hydroxyl groups is 1. The van der Waals surface area contributed by atoms with Gasteiger partial charge < -0.3 is 5.11 Å². The molecule has 0 aromatic heterocycles. The predicted octanol–water partition coefficient (Wildman–Crippen LogP) is 6.59. The van der Waals surface area contributed by atoms with Crippen LogP contribution < -0.4 is 0 Å². The van der Waals surface area contributed by atoms with Gasteiger partial charge in [-0.1, -0.05) is 60.1 Å². The molecule has 0 spiro atoms. The van der Waals surface area contributed by atoms with Crippen LogP contribution in [0.1, 0.15) is 99.8 Å². The third-order valence-electron chi connectivity index (χ3n) is 11.6. The first-order chi connectivity index (χ1) is 16.2. The van der Waals surface area contributed by atoms with Gasteiger partial charge >= 0.3 is 0 Å². The summed E-state index contributed by atoms with van der Waals surface area (Å²) < 4.78 is 0. The van der Waals surface area contributed by atoms with Gasteiger partial charge in [0, 0.05) is 24.4 Å². The number of fused-ring (bicyclic) bond motifs is 3. The van der Waals surface area contributed by atoms with E-state index >= 15 is 0 Å². The summed E-state index contributed by atoms with van der Waals surface area (Å²) in [5.41, 5.74) is 0.748. The Morgan fingerprint density at radius 3 is 2.34 bits per heavy atom. The minimum absolute atomic E-state index is 0.0526. The molecule has 7 atom stereocenters. The minimum atomic E-state index is -0.459. The topological polar surface area (TPSA) is 78.2 Å². The third-order valence-corrected chi connectivity index (χ3v) is 11.6. The van der Waals surface area contributed by atoms with E-state index in [0.717, 1.165) is 50.5 Å². The molecule has 0 heterocycles. The van der Waals surface area contributed by atoms with Crippen molar-refractivity contribution in [3.05, 3.63) is 23.3 Å². The van der Waals surface area contributed by atoms with Gasteiger partial charge in [-0.25, -0.2) is 0 Å². The van der Waals surface area contributed by atoms with E-state index in [4.69, 9.17) is 0 Å². The quantitative estimate of drug-likeness (QED) is 0.493. The maximum Gasteiger partial charge on any atom is 0.176 e. The van der Waals surface area contributed by atoms with E-state index in [1.807, 2.05) is 19.1 Å². The fraction of sp³-hybridized carbons (Fsp3) is 0.774. The Bertz CT molecular complexity index is 1030. The minimum Gasteiger partial charge on any atom is -0.396 e. The lowest BCUT2D eigenvalue weighted by Gasteiger charge is -2.62. The molecule has 35 heavy (non-hydrogen) atoms. The monoisotopic (exact) mass is 479 g/mol. The van der Waals surface area contributed by atoms with Gasteiger partial charge in [-0.15, -0.1) is 0 Å². The number of aliphatic hydroxyl groups excluding tert-OH is 1. The van der Waals surface area contributed by atoms with Gasteiger partial charge in [0.1, 0.15) is 6.07 Å². The highest BCUT2D eigenvalue weighted by molar-refractivity contribution is 6.02. The maximum absolute atomic E-state index is 13.3. The molecule has 0 aromatic carbocycles. The highest BCUT2D eigenvalue weighted by Gasteiger charge is 2.61. The lowest BCUT2D eigenvalue weighted by atomic mass is 9.41. The number of carbonyl (C=O) groups excluding carboxylic acids is 2. The standard InChI is InChI=1S/C31H45NO3/c1-20-15-27(3,4)10-12-31(20,19-33)13-11-28(5)17-23(34)14-25-29(6)16-22(18-32)26(35)21(2)24(29)8-9-30(25,28)7/h14,16,20-21,24,33H,8-13,15,17,19H2,1-7H3/t20?,21-,24-,28+,29-,30+,31+/m0/s1. The number of hydrogen-bond donors (Lipinski definition) is 1. The van der Waals surface area contributed by atoms with Crippen molar-refractivity contribution in [2.45, 2.75) is 99.8 Å². The van der Waals surface area contributed by atoms with Crippen LogP contribution in [0, 0.1) is 56.2 Å². The van der Waals surface area contributed by atoms with Crippen LogP contribution in [0.15, 0.2) is 23.3 Å². The Morgan fingerprint density at radius 1 is 1.06 bits per heavy atom. The molecule has 0 aliphatic heterocycles. The Kier molecular flexibility index (Phi) is 6.32. The van der Waals surface area contributed by atoms with Crippen molar-refractivity contribution in [2.75, 3.05) is 6.61 Å². The SMILES string of the molecule is CC1CC(C)(C)CC[C@]1(CO)CC[C@]1(C)CC(=O)C=C2[C@@]3(C)C=C(C#N)C(=O)[C@@H](C)[C@@H]3CC[C@]21C. The zero-order valence-electron chi connectivity index (χ0n) is 23.0. The average Bonchev–Trinajstić information content (AvgIpc) is 2.77. The number of allylic oxidation sites excluding steroid dienone is 4. The first kappa shape index (κ1) is 26.3. The summed E-state index contributed by atoms with van der Waals surface area (Å²) in [5, 5.41) is 20.3.